The van der Waals surface area contributed by atoms with Crippen molar-refractivity contribution < 1.29 is 4.79 Å². The first kappa shape index (κ1) is 10.9. The van der Waals surface area contributed by atoms with E-state index in [1.807, 2.05) is 38.4 Å². The highest BCUT2D eigenvalue weighted by atomic mass is 16.1. The molecule has 0 fully saturated rings. The van der Waals surface area contributed by atoms with Crippen LogP contribution in [0.2, 0.25) is 0 Å². The number of hydrogen-bond acceptors (Lipinski definition) is 3. The van der Waals surface area contributed by atoms with Crippen LogP contribution < -0.4 is 0 Å². The van der Waals surface area contributed by atoms with Crippen molar-refractivity contribution in [3.63, 3.8) is 0 Å². The van der Waals surface area contributed by atoms with Crippen LogP contribution in [0.25, 0.3) is 0 Å². The highest BCUT2D eigenvalue weighted by Crippen LogP contribution is 2.01. The van der Waals surface area contributed by atoms with E-state index < -0.39 is 0 Å². The molecular formula is C10H17N3O. The Hall–Kier alpha value is -1.16. The van der Waals surface area contributed by atoms with Gasteiger partial charge in [-0.2, -0.15) is 5.10 Å². The van der Waals surface area contributed by atoms with Crippen LogP contribution in [0.3, 0.4) is 0 Å². The zero-order chi connectivity index (χ0) is 10.6. The van der Waals surface area contributed by atoms with E-state index in [2.05, 4.69) is 5.10 Å². The molecule has 0 N–H and O–H groups in total. The van der Waals surface area contributed by atoms with Crippen LogP contribution in [0.5, 0.6) is 0 Å². The third kappa shape index (κ3) is 3.70. The molecule has 1 aromatic heterocycles. The first-order chi connectivity index (χ1) is 6.58. The summed E-state index contributed by atoms with van der Waals surface area (Å²) < 4.78 is 1.76. The van der Waals surface area contributed by atoms with Crippen molar-refractivity contribution in [2.75, 3.05) is 20.6 Å². The Balaban J connectivity index is 2.30. The minimum atomic E-state index is 0.277. The molecule has 1 aromatic rings. The van der Waals surface area contributed by atoms with Crippen molar-refractivity contribution in [3.8, 4) is 0 Å². The monoisotopic (exact) mass is 195 g/mol. The number of ketones is 1. The van der Waals surface area contributed by atoms with Gasteiger partial charge >= 0.3 is 0 Å². The Kier molecular flexibility index (Phi) is 3.83. The largest absolute Gasteiger partial charge is 0.302 e. The number of rotatable bonds is 5. The molecule has 0 saturated carbocycles. The fourth-order valence-corrected chi connectivity index (χ4v) is 1.32. The average molecular weight is 195 g/mol. The van der Waals surface area contributed by atoms with Gasteiger partial charge in [0.2, 0.25) is 0 Å². The lowest BCUT2D eigenvalue weighted by Crippen LogP contribution is -2.21. The summed E-state index contributed by atoms with van der Waals surface area (Å²) in [6.45, 7) is 0.528. The van der Waals surface area contributed by atoms with Gasteiger partial charge < -0.3 is 4.90 Å². The second-order valence-electron chi connectivity index (χ2n) is 3.80. The number of aryl methyl sites for hydroxylation is 2. The van der Waals surface area contributed by atoms with Crippen LogP contribution >= 0.6 is 0 Å². The van der Waals surface area contributed by atoms with E-state index in [1.54, 1.807) is 4.68 Å². The molecule has 0 aliphatic rings. The van der Waals surface area contributed by atoms with Gasteiger partial charge in [0.1, 0.15) is 5.78 Å². The summed E-state index contributed by atoms with van der Waals surface area (Å²) in [5, 5.41) is 4.05. The van der Waals surface area contributed by atoms with Gasteiger partial charge in [-0.1, -0.05) is 0 Å². The maximum Gasteiger partial charge on any atom is 0.147 e. The van der Waals surface area contributed by atoms with Crippen molar-refractivity contribution in [2.24, 2.45) is 7.05 Å². The van der Waals surface area contributed by atoms with Crippen molar-refractivity contribution in [1.29, 1.82) is 0 Å². The molecule has 0 aliphatic carbocycles. The molecule has 1 heterocycles. The predicted molar refractivity (Wildman–Crippen MR) is 55.1 cm³/mol. The fraction of sp³-hybridized carbons (Fsp3) is 0.600. The average Bonchev–Trinajstić information content (AvgIpc) is 2.47. The second kappa shape index (κ2) is 4.91. The van der Waals surface area contributed by atoms with E-state index >= 15 is 0 Å². The molecule has 1 rings (SSSR count). The molecule has 0 spiro atoms. The SMILES string of the molecule is CN(C)CC(=O)CCc1cnn(C)c1. The Morgan fingerprint density at radius 3 is 2.79 bits per heavy atom. The maximum absolute atomic E-state index is 11.4. The van der Waals surface area contributed by atoms with Gasteiger partial charge in [0.25, 0.3) is 0 Å². The number of Topliss-reactive ketones (excluding diaryl/α,β-unsaturated/α-hetero) is 1. The molecule has 0 unspecified atom stereocenters. The summed E-state index contributed by atoms with van der Waals surface area (Å²) in [5.41, 5.74) is 1.12. The highest BCUT2D eigenvalue weighted by Gasteiger charge is 2.04. The molecule has 0 saturated heterocycles. The molecule has 4 nitrogen and oxygen atoms in total. The van der Waals surface area contributed by atoms with Crippen LogP contribution in [-0.4, -0.2) is 41.1 Å². The quantitative estimate of drug-likeness (QED) is 0.686. The van der Waals surface area contributed by atoms with E-state index in [1.165, 1.54) is 0 Å². The molecule has 0 radical (unpaired) electrons. The lowest BCUT2D eigenvalue weighted by molar-refractivity contribution is -0.119. The summed E-state index contributed by atoms with van der Waals surface area (Å²) in [6, 6.07) is 0. The molecular weight excluding hydrogens is 178 g/mol. The third-order valence-electron chi connectivity index (χ3n) is 1.94. The number of aromatic nitrogens is 2. The first-order valence-electron chi connectivity index (χ1n) is 4.72. The summed E-state index contributed by atoms with van der Waals surface area (Å²) in [4.78, 5) is 13.3. The Morgan fingerprint density at radius 1 is 1.57 bits per heavy atom. The molecule has 4 heteroatoms. The molecule has 0 amide bonds. The molecule has 14 heavy (non-hydrogen) atoms. The lowest BCUT2D eigenvalue weighted by Gasteiger charge is -2.07. The molecule has 0 aromatic carbocycles. The van der Waals surface area contributed by atoms with E-state index in [0.29, 0.717) is 13.0 Å². The normalized spacial score (nSPS) is 10.9. The summed E-state index contributed by atoms with van der Waals surface area (Å²) in [7, 11) is 5.69. The van der Waals surface area contributed by atoms with Gasteiger partial charge in [-0.3, -0.25) is 9.48 Å². The number of carbonyl (C=O) groups is 1. The van der Waals surface area contributed by atoms with Crippen LogP contribution in [0, 0.1) is 0 Å². The number of carbonyl (C=O) groups excluding carboxylic acids is 1. The van der Waals surface area contributed by atoms with Crippen LogP contribution in [0.15, 0.2) is 12.4 Å². The second-order valence-corrected chi connectivity index (χ2v) is 3.80. The minimum Gasteiger partial charge on any atom is -0.302 e. The van der Waals surface area contributed by atoms with Crippen molar-refractivity contribution in [1.82, 2.24) is 14.7 Å². The van der Waals surface area contributed by atoms with E-state index in [4.69, 9.17) is 0 Å². The first-order valence-corrected chi connectivity index (χ1v) is 4.72. The predicted octanol–water partition coefficient (Wildman–Crippen LogP) is 0.483. The fourth-order valence-electron chi connectivity index (χ4n) is 1.32. The Bertz CT molecular complexity index is 304. The van der Waals surface area contributed by atoms with E-state index in [9.17, 15) is 4.79 Å². The highest BCUT2D eigenvalue weighted by molar-refractivity contribution is 5.80. The summed E-state index contributed by atoms with van der Waals surface area (Å²) >= 11 is 0. The Morgan fingerprint density at radius 2 is 2.29 bits per heavy atom. The molecule has 0 atom stereocenters. The zero-order valence-electron chi connectivity index (χ0n) is 9.03. The van der Waals surface area contributed by atoms with E-state index in [-0.39, 0.29) is 5.78 Å². The lowest BCUT2D eigenvalue weighted by atomic mass is 10.1. The molecule has 78 valence electrons. The van der Waals surface area contributed by atoms with Crippen LogP contribution in [0.4, 0.5) is 0 Å². The van der Waals surface area contributed by atoms with Gasteiger partial charge in [-0.05, 0) is 26.1 Å². The minimum absolute atomic E-state index is 0.277. The summed E-state index contributed by atoms with van der Waals surface area (Å²) in [6.07, 6.45) is 5.15. The zero-order valence-corrected chi connectivity index (χ0v) is 9.03. The third-order valence-corrected chi connectivity index (χ3v) is 1.94. The van der Waals surface area contributed by atoms with Crippen LogP contribution in [-0.2, 0) is 18.3 Å². The standard InChI is InChI=1S/C10H17N3O/c1-12(2)8-10(14)5-4-9-6-11-13(3)7-9/h6-7H,4-5,8H2,1-3H3. The number of likely N-dealkylation sites (N-methyl/N-ethyl adjacent to an activating group) is 1. The molecule has 0 aliphatic heterocycles. The molecule has 0 bridgehead atoms. The topological polar surface area (TPSA) is 38.1 Å². The van der Waals surface area contributed by atoms with Gasteiger partial charge in [-0.15, -0.1) is 0 Å². The van der Waals surface area contributed by atoms with Gasteiger partial charge in [0.05, 0.1) is 12.7 Å². The van der Waals surface area contributed by atoms with Crippen molar-refractivity contribution in [2.45, 2.75) is 12.8 Å². The van der Waals surface area contributed by atoms with E-state index in [0.717, 1.165) is 12.0 Å². The van der Waals surface area contributed by atoms with Gasteiger partial charge in [0, 0.05) is 19.7 Å². The van der Waals surface area contributed by atoms with Crippen LogP contribution in [0.1, 0.15) is 12.0 Å². The number of nitrogens with zero attached hydrogens (tertiary/aromatic N) is 3. The smallest absolute Gasteiger partial charge is 0.147 e. The van der Waals surface area contributed by atoms with Gasteiger partial charge in [0.15, 0.2) is 0 Å². The summed E-state index contributed by atoms with van der Waals surface area (Å²) in [5.74, 6) is 0.277. The van der Waals surface area contributed by atoms with Gasteiger partial charge in [-0.25, -0.2) is 0 Å². The Labute approximate surface area is 84.5 Å². The van der Waals surface area contributed by atoms with Crippen molar-refractivity contribution in [3.05, 3.63) is 18.0 Å². The number of hydrogen-bond donors (Lipinski definition) is 0. The maximum atomic E-state index is 11.4. The van der Waals surface area contributed by atoms with Crippen molar-refractivity contribution >= 4 is 5.78 Å².